The van der Waals surface area contributed by atoms with Crippen molar-refractivity contribution in [3.05, 3.63) is 64.7 Å². The molecular weight excluding hydrogens is 246 g/mol. The Morgan fingerprint density at radius 2 is 1.67 bits per heavy atom. The molecule has 2 aromatic rings. The van der Waals surface area contributed by atoms with Crippen LogP contribution in [-0.2, 0) is 0 Å². The first-order chi connectivity index (χ1) is 8.74. The van der Waals surface area contributed by atoms with E-state index in [-0.39, 0.29) is 10.6 Å². The molecule has 0 spiro atoms. The Hall–Kier alpha value is -1.81. The maximum atomic E-state index is 11.1. The molecule has 0 bridgehead atoms. The molecule has 0 aliphatic heterocycles. The maximum Gasteiger partial charge on any atom is 0.281 e. The van der Waals surface area contributed by atoms with E-state index in [0.717, 1.165) is 10.6 Å². The van der Waals surface area contributed by atoms with Crippen LogP contribution in [-0.4, -0.2) is 10.7 Å². The third-order valence-corrected chi connectivity index (χ3v) is 5.27. The van der Waals surface area contributed by atoms with E-state index in [4.69, 9.17) is 0 Å². The molecule has 0 saturated carbocycles. The second kappa shape index (κ2) is 5.69. The number of hydrogen-bond donors (Lipinski definition) is 1. The van der Waals surface area contributed by atoms with Gasteiger partial charge >= 0.3 is 0 Å². The molecule has 1 unspecified atom stereocenters. The Balaban J connectivity index is 2.49. The first-order valence-electron chi connectivity index (χ1n) is 5.80. The topological polar surface area (TPSA) is 43.1 Å². The zero-order valence-corrected chi connectivity index (χ0v) is 11.0. The summed E-state index contributed by atoms with van der Waals surface area (Å²) < 4.78 is 0. The van der Waals surface area contributed by atoms with Crippen LogP contribution in [0.15, 0.2) is 64.4 Å². The van der Waals surface area contributed by atoms with Gasteiger partial charge in [-0.15, -0.1) is 0 Å². The van der Waals surface area contributed by atoms with Gasteiger partial charge in [0.25, 0.3) is 5.69 Å². The van der Waals surface area contributed by atoms with Gasteiger partial charge in [0.2, 0.25) is 0 Å². The van der Waals surface area contributed by atoms with Gasteiger partial charge in [0, 0.05) is 6.07 Å². The van der Waals surface area contributed by atoms with Gasteiger partial charge in [-0.2, -0.15) is 10.9 Å². The van der Waals surface area contributed by atoms with Crippen LogP contribution in [0.4, 0.5) is 5.69 Å². The summed E-state index contributed by atoms with van der Waals surface area (Å²) in [4.78, 5) is 12.8. The van der Waals surface area contributed by atoms with Crippen LogP contribution in [0.25, 0.3) is 0 Å². The third-order valence-electron chi connectivity index (χ3n) is 2.75. The van der Waals surface area contributed by atoms with Gasteiger partial charge in [-0.25, -0.2) is 0 Å². The molecular formula is C14H15NO2S. The van der Waals surface area contributed by atoms with E-state index in [1.54, 1.807) is 12.1 Å². The first-order valence-corrected chi connectivity index (χ1v) is 7.32. The van der Waals surface area contributed by atoms with Crippen molar-refractivity contribution in [2.45, 2.75) is 16.7 Å². The van der Waals surface area contributed by atoms with Crippen LogP contribution in [0.5, 0.6) is 0 Å². The zero-order chi connectivity index (χ0) is 13.0. The van der Waals surface area contributed by atoms with Gasteiger partial charge < -0.3 is 0 Å². The molecule has 94 valence electrons. The molecule has 0 saturated heterocycles. The summed E-state index contributed by atoms with van der Waals surface area (Å²) in [7, 11) is -0.644. The van der Waals surface area contributed by atoms with E-state index in [2.05, 4.69) is 6.92 Å². The monoisotopic (exact) mass is 261 g/mol. The Labute approximate surface area is 109 Å². The largest absolute Gasteiger partial charge is 0.281 e. The molecule has 0 N–H and O–H groups in total. The lowest BCUT2D eigenvalue weighted by molar-refractivity contribution is -0.387. The molecule has 0 aromatic heterocycles. The molecule has 1 atom stereocenters. The summed E-state index contributed by atoms with van der Waals surface area (Å²) in [5, 5.41) is 11.1. The van der Waals surface area contributed by atoms with Gasteiger partial charge in [-0.05, 0) is 28.8 Å². The fourth-order valence-electron chi connectivity index (χ4n) is 1.95. The Kier molecular flexibility index (Phi) is 3.99. The average Bonchev–Trinajstić information content (AvgIpc) is 2.41. The van der Waals surface area contributed by atoms with Gasteiger partial charge in [0.05, 0.1) is 9.82 Å². The standard InChI is InChI=1S/C14H15NO2S/c1-2-18(12-8-4-3-5-9-12)14-11-7-6-10-13(14)15(16)17/h3-11,18H,2H2,1H3. The quantitative estimate of drug-likeness (QED) is 0.513. The van der Waals surface area contributed by atoms with Crippen LogP contribution in [0.3, 0.4) is 0 Å². The van der Waals surface area contributed by atoms with E-state index in [1.165, 1.54) is 4.90 Å². The van der Waals surface area contributed by atoms with Crippen LogP contribution in [0, 0.1) is 10.1 Å². The smallest absolute Gasteiger partial charge is 0.258 e. The molecule has 0 amide bonds. The number of benzene rings is 2. The predicted octanol–water partition coefficient (Wildman–Crippen LogP) is 4.03. The van der Waals surface area contributed by atoms with Gasteiger partial charge in [-0.1, -0.05) is 37.3 Å². The highest BCUT2D eigenvalue weighted by Crippen LogP contribution is 2.47. The molecule has 0 heterocycles. The maximum absolute atomic E-state index is 11.1. The number of nitro groups is 1. The van der Waals surface area contributed by atoms with Crippen molar-refractivity contribution in [3.63, 3.8) is 0 Å². The van der Waals surface area contributed by atoms with E-state index < -0.39 is 10.9 Å². The van der Waals surface area contributed by atoms with Crippen molar-refractivity contribution in [3.8, 4) is 0 Å². The predicted molar refractivity (Wildman–Crippen MR) is 75.6 cm³/mol. The van der Waals surface area contributed by atoms with Crippen LogP contribution in [0.1, 0.15) is 6.92 Å². The van der Waals surface area contributed by atoms with E-state index in [0.29, 0.717) is 0 Å². The Morgan fingerprint density at radius 3 is 2.28 bits per heavy atom. The lowest BCUT2D eigenvalue weighted by Crippen LogP contribution is -1.95. The minimum Gasteiger partial charge on any atom is -0.258 e. The van der Waals surface area contributed by atoms with E-state index >= 15 is 0 Å². The van der Waals surface area contributed by atoms with Crippen LogP contribution < -0.4 is 0 Å². The number of para-hydroxylation sites is 1. The summed E-state index contributed by atoms with van der Waals surface area (Å²) in [5.41, 5.74) is 0.231. The first kappa shape index (κ1) is 12.6. The second-order valence-electron chi connectivity index (χ2n) is 3.83. The Morgan fingerprint density at radius 1 is 1.06 bits per heavy atom. The summed E-state index contributed by atoms with van der Waals surface area (Å²) in [6, 6.07) is 17.1. The van der Waals surface area contributed by atoms with Crippen molar-refractivity contribution >= 4 is 16.6 Å². The summed E-state index contributed by atoms with van der Waals surface area (Å²) in [6.07, 6.45) is 0. The minimum atomic E-state index is -0.644. The fourth-order valence-corrected chi connectivity index (χ4v) is 4.16. The highest BCUT2D eigenvalue weighted by atomic mass is 32.2. The molecule has 0 radical (unpaired) electrons. The zero-order valence-electron chi connectivity index (χ0n) is 10.1. The van der Waals surface area contributed by atoms with Crippen LogP contribution in [0.2, 0.25) is 0 Å². The number of nitrogens with zero attached hydrogens (tertiary/aromatic N) is 1. The molecule has 18 heavy (non-hydrogen) atoms. The molecule has 0 fully saturated rings. The summed E-state index contributed by atoms with van der Waals surface area (Å²) >= 11 is 0. The summed E-state index contributed by atoms with van der Waals surface area (Å²) in [6.45, 7) is 2.08. The minimum absolute atomic E-state index is 0.231. The molecule has 3 nitrogen and oxygen atoms in total. The van der Waals surface area contributed by atoms with E-state index in [9.17, 15) is 10.1 Å². The molecule has 2 aromatic carbocycles. The SMILES string of the molecule is CC[SH](c1ccccc1)c1ccccc1[N+](=O)[O-]. The van der Waals surface area contributed by atoms with Crippen molar-refractivity contribution in [1.82, 2.24) is 0 Å². The van der Waals surface area contributed by atoms with Crippen molar-refractivity contribution < 1.29 is 4.92 Å². The van der Waals surface area contributed by atoms with Gasteiger partial charge in [-0.3, -0.25) is 10.1 Å². The van der Waals surface area contributed by atoms with Crippen molar-refractivity contribution in [1.29, 1.82) is 0 Å². The van der Waals surface area contributed by atoms with E-state index in [1.807, 2.05) is 42.5 Å². The third kappa shape index (κ3) is 2.54. The Bertz CT molecular complexity index is 543. The number of rotatable bonds is 4. The fraction of sp³-hybridized carbons (Fsp3) is 0.143. The van der Waals surface area contributed by atoms with Crippen molar-refractivity contribution in [2.24, 2.45) is 0 Å². The summed E-state index contributed by atoms with van der Waals surface area (Å²) in [5.74, 6) is 0.907. The highest BCUT2D eigenvalue weighted by Gasteiger charge is 2.18. The lowest BCUT2D eigenvalue weighted by Gasteiger charge is -2.20. The average molecular weight is 261 g/mol. The normalized spacial score (nSPS) is 13.1. The highest BCUT2D eigenvalue weighted by molar-refractivity contribution is 8.17. The molecule has 0 aliphatic carbocycles. The number of nitro benzene ring substituents is 1. The molecule has 0 aliphatic rings. The van der Waals surface area contributed by atoms with Crippen molar-refractivity contribution in [2.75, 3.05) is 5.75 Å². The van der Waals surface area contributed by atoms with Crippen LogP contribution >= 0.6 is 10.9 Å². The second-order valence-corrected chi connectivity index (χ2v) is 6.31. The van der Waals surface area contributed by atoms with Gasteiger partial charge in [0.15, 0.2) is 0 Å². The molecule has 4 heteroatoms. The number of thiol groups is 1. The van der Waals surface area contributed by atoms with Gasteiger partial charge in [0.1, 0.15) is 0 Å². The lowest BCUT2D eigenvalue weighted by atomic mass is 10.3. The number of hydrogen-bond acceptors (Lipinski definition) is 2. The molecule has 2 rings (SSSR count).